The van der Waals surface area contributed by atoms with Crippen molar-refractivity contribution in [3.05, 3.63) is 64.6 Å². The lowest BCUT2D eigenvalue weighted by atomic mass is 10.2. The van der Waals surface area contributed by atoms with Crippen LogP contribution in [-0.4, -0.2) is 10.5 Å². The molecule has 5 heteroatoms. The van der Waals surface area contributed by atoms with E-state index in [-0.39, 0.29) is 11.5 Å². The zero-order valence-electron chi connectivity index (χ0n) is 11.0. The smallest absolute Gasteiger partial charge is 0.250 e. The van der Waals surface area contributed by atoms with Gasteiger partial charge in [-0.1, -0.05) is 12.1 Å². The van der Waals surface area contributed by atoms with Crippen LogP contribution in [0.2, 0.25) is 0 Å². The van der Waals surface area contributed by atoms with Crippen LogP contribution in [0.4, 0.5) is 11.4 Å². The van der Waals surface area contributed by atoms with E-state index in [1.54, 1.807) is 37.5 Å². The third kappa shape index (κ3) is 3.58. The maximum absolute atomic E-state index is 11.8. The van der Waals surface area contributed by atoms with E-state index in [9.17, 15) is 9.59 Å². The molecule has 0 atom stereocenters. The highest BCUT2D eigenvalue weighted by atomic mass is 16.1. The third-order valence-corrected chi connectivity index (χ3v) is 2.69. The molecule has 20 heavy (non-hydrogen) atoms. The molecule has 3 N–H and O–H groups in total. The number of carbonyl (C=O) groups excluding carboxylic acids is 1. The largest absolute Gasteiger partial charge is 0.399 e. The molecule has 2 rings (SSSR count). The van der Waals surface area contributed by atoms with Crippen LogP contribution in [0.5, 0.6) is 0 Å². The van der Waals surface area contributed by atoms with Gasteiger partial charge in [0, 0.05) is 31.1 Å². The summed E-state index contributed by atoms with van der Waals surface area (Å²) in [6, 6.07) is 10.2. The number of amides is 1. The molecule has 0 radical (unpaired) electrons. The molecule has 1 heterocycles. The first kappa shape index (κ1) is 13.6. The summed E-state index contributed by atoms with van der Waals surface area (Å²) in [5.74, 6) is -0.272. The molecule has 0 bridgehead atoms. The molecular formula is C15H15N3O2. The standard InChI is InChI=1S/C15H15N3O2/c1-18-10-13(6-8-15(18)20)17-14(19)7-5-11-3-2-4-12(16)9-11/h2-10H,16H2,1H3,(H,17,19)/b7-5+. The predicted molar refractivity (Wildman–Crippen MR) is 80.2 cm³/mol. The summed E-state index contributed by atoms with van der Waals surface area (Å²) >= 11 is 0. The van der Waals surface area contributed by atoms with E-state index in [0.717, 1.165) is 5.56 Å². The second kappa shape index (κ2) is 5.88. The van der Waals surface area contributed by atoms with Gasteiger partial charge in [0.05, 0.1) is 5.69 Å². The maximum atomic E-state index is 11.8. The van der Waals surface area contributed by atoms with Gasteiger partial charge in [0.2, 0.25) is 11.5 Å². The average Bonchev–Trinajstić information content (AvgIpc) is 2.41. The number of aromatic nitrogens is 1. The Hall–Kier alpha value is -2.82. The molecule has 1 aromatic carbocycles. The fourth-order valence-electron chi connectivity index (χ4n) is 1.69. The van der Waals surface area contributed by atoms with Crippen LogP contribution >= 0.6 is 0 Å². The predicted octanol–water partition coefficient (Wildman–Crippen LogP) is 1.62. The summed E-state index contributed by atoms with van der Waals surface area (Å²) in [4.78, 5) is 23.0. The number of benzene rings is 1. The summed E-state index contributed by atoms with van der Waals surface area (Å²) < 4.78 is 1.40. The van der Waals surface area contributed by atoms with Gasteiger partial charge >= 0.3 is 0 Å². The van der Waals surface area contributed by atoms with Gasteiger partial charge in [-0.3, -0.25) is 9.59 Å². The number of aryl methyl sites for hydroxylation is 1. The number of nitrogens with zero attached hydrogens (tertiary/aromatic N) is 1. The molecule has 0 saturated carbocycles. The van der Waals surface area contributed by atoms with Crippen LogP contribution in [0.3, 0.4) is 0 Å². The summed E-state index contributed by atoms with van der Waals surface area (Å²) in [5, 5.41) is 2.68. The fourth-order valence-corrected chi connectivity index (χ4v) is 1.69. The minimum Gasteiger partial charge on any atom is -0.399 e. The summed E-state index contributed by atoms with van der Waals surface area (Å²) in [5.41, 5.74) is 7.58. The normalized spacial score (nSPS) is 10.7. The zero-order valence-corrected chi connectivity index (χ0v) is 11.0. The van der Waals surface area contributed by atoms with E-state index in [1.807, 2.05) is 12.1 Å². The van der Waals surface area contributed by atoms with E-state index in [2.05, 4.69) is 5.32 Å². The van der Waals surface area contributed by atoms with Gasteiger partial charge < -0.3 is 15.6 Å². The molecule has 0 aliphatic heterocycles. The van der Waals surface area contributed by atoms with Crippen molar-refractivity contribution in [2.24, 2.45) is 7.05 Å². The van der Waals surface area contributed by atoms with E-state index in [0.29, 0.717) is 11.4 Å². The van der Waals surface area contributed by atoms with Gasteiger partial charge in [-0.15, -0.1) is 0 Å². The molecule has 2 aromatic rings. The second-order valence-corrected chi connectivity index (χ2v) is 4.36. The molecule has 0 spiro atoms. The van der Waals surface area contributed by atoms with Crippen molar-refractivity contribution in [1.29, 1.82) is 0 Å². The Labute approximate surface area is 116 Å². The van der Waals surface area contributed by atoms with Gasteiger partial charge in [-0.2, -0.15) is 0 Å². The van der Waals surface area contributed by atoms with Crippen LogP contribution in [0.15, 0.2) is 53.5 Å². The molecule has 0 aliphatic rings. The topological polar surface area (TPSA) is 77.1 Å². The van der Waals surface area contributed by atoms with Crippen molar-refractivity contribution >= 4 is 23.4 Å². The number of anilines is 2. The van der Waals surface area contributed by atoms with Crippen molar-refractivity contribution in [3.8, 4) is 0 Å². The number of nitrogens with two attached hydrogens (primary N) is 1. The van der Waals surface area contributed by atoms with Gasteiger partial charge in [-0.05, 0) is 29.8 Å². The minimum atomic E-state index is -0.272. The Morgan fingerprint density at radius 3 is 2.80 bits per heavy atom. The van der Waals surface area contributed by atoms with E-state index in [4.69, 9.17) is 5.73 Å². The Kier molecular flexibility index (Phi) is 4.00. The monoisotopic (exact) mass is 269 g/mol. The average molecular weight is 269 g/mol. The first-order valence-corrected chi connectivity index (χ1v) is 6.06. The summed E-state index contributed by atoms with van der Waals surface area (Å²) in [6.07, 6.45) is 4.65. The van der Waals surface area contributed by atoms with Crippen molar-refractivity contribution in [3.63, 3.8) is 0 Å². The lowest BCUT2D eigenvalue weighted by Gasteiger charge is -2.03. The molecule has 1 aromatic heterocycles. The molecule has 0 saturated heterocycles. The molecule has 102 valence electrons. The van der Waals surface area contributed by atoms with Gasteiger partial charge in [0.25, 0.3) is 0 Å². The van der Waals surface area contributed by atoms with Crippen LogP contribution in [0, 0.1) is 0 Å². The SMILES string of the molecule is Cn1cc(NC(=O)/C=C/c2cccc(N)c2)ccc1=O. The lowest BCUT2D eigenvalue weighted by Crippen LogP contribution is -2.16. The van der Waals surface area contributed by atoms with Crippen molar-refractivity contribution in [2.75, 3.05) is 11.1 Å². The Morgan fingerprint density at radius 1 is 1.30 bits per heavy atom. The third-order valence-electron chi connectivity index (χ3n) is 2.69. The number of nitrogen functional groups attached to an aromatic ring is 1. The summed E-state index contributed by atoms with van der Waals surface area (Å²) in [6.45, 7) is 0. The number of rotatable bonds is 3. The van der Waals surface area contributed by atoms with E-state index < -0.39 is 0 Å². The second-order valence-electron chi connectivity index (χ2n) is 4.36. The molecule has 5 nitrogen and oxygen atoms in total. The van der Waals surface area contributed by atoms with Crippen LogP contribution in [0.25, 0.3) is 6.08 Å². The molecule has 1 amide bonds. The van der Waals surface area contributed by atoms with Crippen LogP contribution in [-0.2, 0) is 11.8 Å². The van der Waals surface area contributed by atoms with Crippen molar-refractivity contribution in [2.45, 2.75) is 0 Å². The highest BCUT2D eigenvalue weighted by Gasteiger charge is 1.99. The number of carbonyl (C=O) groups is 1. The summed E-state index contributed by atoms with van der Waals surface area (Å²) in [7, 11) is 1.63. The van der Waals surface area contributed by atoms with Gasteiger partial charge in [0.1, 0.15) is 0 Å². The molecule has 0 aliphatic carbocycles. The highest BCUT2D eigenvalue weighted by molar-refractivity contribution is 6.01. The molecule has 0 fully saturated rings. The lowest BCUT2D eigenvalue weighted by molar-refractivity contribution is -0.111. The highest BCUT2D eigenvalue weighted by Crippen LogP contribution is 2.08. The number of hydrogen-bond donors (Lipinski definition) is 2. The quantitative estimate of drug-likeness (QED) is 0.656. The van der Waals surface area contributed by atoms with Crippen molar-refractivity contribution < 1.29 is 4.79 Å². The van der Waals surface area contributed by atoms with Crippen LogP contribution in [0.1, 0.15) is 5.56 Å². The maximum Gasteiger partial charge on any atom is 0.250 e. The first-order valence-electron chi connectivity index (χ1n) is 6.06. The van der Waals surface area contributed by atoms with E-state index >= 15 is 0 Å². The molecular weight excluding hydrogens is 254 g/mol. The Balaban J connectivity index is 2.05. The van der Waals surface area contributed by atoms with Gasteiger partial charge in [0.15, 0.2) is 0 Å². The number of pyridine rings is 1. The minimum absolute atomic E-state index is 0.127. The van der Waals surface area contributed by atoms with E-state index in [1.165, 1.54) is 16.7 Å². The van der Waals surface area contributed by atoms with Crippen LogP contribution < -0.4 is 16.6 Å². The molecule has 0 unspecified atom stereocenters. The van der Waals surface area contributed by atoms with Gasteiger partial charge in [-0.25, -0.2) is 0 Å². The first-order chi connectivity index (χ1) is 9.54. The fraction of sp³-hybridized carbons (Fsp3) is 0.0667. The number of nitrogens with one attached hydrogen (secondary N) is 1. The number of hydrogen-bond acceptors (Lipinski definition) is 3. The van der Waals surface area contributed by atoms with Crippen molar-refractivity contribution in [1.82, 2.24) is 4.57 Å². The Bertz CT molecular complexity index is 717. The Morgan fingerprint density at radius 2 is 2.10 bits per heavy atom. The zero-order chi connectivity index (χ0) is 14.5.